The fourth-order valence-electron chi connectivity index (χ4n) is 1.25. The van der Waals surface area contributed by atoms with Gasteiger partial charge in [-0.1, -0.05) is 0 Å². The highest BCUT2D eigenvalue weighted by molar-refractivity contribution is 5.90. The monoisotopic (exact) mass is 149 g/mol. The Balaban J connectivity index is 2.52. The van der Waals surface area contributed by atoms with Crippen LogP contribution in [0.3, 0.4) is 0 Å². The lowest BCUT2D eigenvalue weighted by Crippen LogP contribution is -2.19. The third-order valence-corrected chi connectivity index (χ3v) is 1.86. The lowest BCUT2D eigenvalue weighted by Gasteiger charge is -1.89. The van der Waals surface area contributed by atoms with Crippen LogP contribution in [0, 0.1) is 0 Å². The van der Waals surface area contributed by atoms with Gasteiger partial charge < -0.3 is 0 Å². The summed E-state index contributed by atoms with van der Waals surface area (Å²) >= 11 is 0. The normalized spacial score (nSPS) is 15.0. The van der Waals surface area contributed by atoms with Gasteiger partial charge >= 0.3 is 6.03 Å². The summed E-state index contributed by atoms with van der Waals surface area (Å²) in [6.45, 7) is 2.70. The number of carbonyl (C=O) groups is 1. The average molecular weight is 149 g/mol. The predicted octanol–water partition coefficient (Wildman–Crippen LogP) is 0.921. The molecular formula is C8H9N2O+. The van der Waals surface area contributed by atoms with Gasteiger partial charge in [0.05, 0.1) is 6.54 Å². The van der Waals surface area contributed by atoms with E-state index in [1.807, 2.05) is 25.3 Å². The minimum Gasteiger partial charge on any atom is -0.196 e. The Bertz CT molecular complexity index is 336. The molecule has 1 aromatic heterocycles. The molecular weight excluding hydrogens is 140 g/mol. The van der Waals surface area contributed by atoms with E-state index in [-0.39, 0.29) is 6.03 Å². The zero-order chi connectivity index (χ0) is 7.84. The van der Waals surface area contributed by atoms with Crippen molar-refractivity contribution in [1.82, 2.24) is 4.57 Å². The van der Waals surface area contributed by atoms with E-state index in [4.69, 9.17) is 0 Å². The van der Waals surface area contributed by atoms with Crippen LogP contribution in [0.2, 0.25) is 0 Å². The minimum absolute atomic E-state index is 0.0486. The van der Waals surface area contributed by atoms with Crippen molar-refractivity contribution in [3.8, 4) is 0 Å². The maximum absolute atomic E-state index is 11.3. The van der Waals surface area contributed by atoms with Crippen molar-refractivity contribution in [3.05, 3.63) is 24.0 Å². The molecule has 0 aromatic carbocycles. The maximum Gasteiger partial charge on any atom is 0.503 e. The van der Waals surface area contributed by atoms with Crippen LogP contribution >= 0.6 is 0 Å². The van der Waals surface area contributed by atoms with Gasteiger partial charge in [0, 0.05) is 0 Å². The first kappa shape index (κ1) is 6.34. The number of nitrogens with zero attached hydrogens (tertiary/aromatic N) is 2. The molecule has 3 heteroatoms. The Kier molecular flexibility index (Phi) is 1.18. The Morgan fingerprint density at radius 2 is 2.45 bits per heavy atom. The molecule has 0 N–H and O–H groups in total. The van der Waals surface area contributed by atoms with Crippen molar-refractivity contribution in [2.24, 2.45) is 0 Å². The molecule has 0 radical (unpaired) electrons. The average Bonchev–Trinajstić information content (AvgIpc) is 2.53. The summed E-state index contributed by atoms with van der Waals surface area (Å²) in [6, 6.07) is 3.84. The number of carbonyl (C=O) groups excluding carboxylic acids is 1. The lowest BCUT2D eigenvalue weighted by molar-refractivity contribution is -0.414. The summed E-state index contributed by atoms with van der Waals surface area (Å²) in [4.78, 5) is 11.3. The zero-order valence-electron chi connectivity index (χ0n) is 6.32. The molecule has 11 heavy (non-hydrogen) atoms. The first-order valence-electron chi connectivity index (χ1n) is 3.66. The summed E-state index contributed by atoms with van der Waals surface area (Å²) in [5.74, 6) is 0. The standard InChI is InChI=1S/C8H9N2O/c1-2-9-6-7-4-3-5-10(7)8(9)11/h3-6H,2H2,1H3/q+1. The molecule has 0 aliphatic carbocycles. The number of aromatic nitrogens is 1. The molecule has 0 bridgehead atoms. The van der Waals surface area contributed by atoms with E-state index in [1.54, 1.807) is 15.3 Å². The van der Waals surface area contributed by atoms with E-state index in [1.165, 1.54) is 0 Å². The topological polar surface area (TPSA) is 25.0 Å². The zero-order valence-corrected chi connectivity index (χ0v) is 6.32. The fourth-order valence-corrected chi connectivity index (χ4v) is 1.25. The first-order valence-corrected chi connectivity index (χ1v) is 3.66. The Labute approximate surface area is 64.6 Å². The molecule has 1 aliphatic rings. The number of fused-ring (bicyclic) bond motifs is 1. The molecule has 1 aliphatic heterocycles. The van der Waals surface area contributed by atoms with Crippen molar-refractivity contribution in [3.63, 3.8) is 0 Å². The van der Waals surface area contributed by atoms with E-state index in [0.29, 0.717) is 0 Å². The second-order valence-electron chi connectivity index (χ2n) is 2.50. The van der Waals surface area contributed by atoms with E-state index < -0.39 is 0 Å². The molecule has 56 valence electrons. The van der Waals surface area contributed by atoms with Crippen LogP contribution in [0.1, 0.15) is 12.6 Å². The molecule has 0 saturated heterocycles. The van der Waals surface area contributed by atoms with Crippen LogP contribution in [0.15, 0.2) is 18.3 Å². The molecule has 0 unspecified atom stereocenters. The van der Waals surface area contributed by atoms with Crippen LogP contribution in [0.25, 0.3) is 0 Å². The minimum atomic E-state index is 0.0486. The van der Waals surface area contributed by atoms with Gasteiger partial charge in [-0.25, -0.2) is 0 Å². The van der Waals surface area contributed by atoms with Gasteiger partial charge in [-0.05, 0) is 19.1 Å². The quantitative estimate of drug-likeness (QED) is 0.545. The van der Waals surface area contributed by atoms with Gasteiger partial charge in [-0.15, -0.1) is 0 Å². The summed E-state index contributed by atoms with van der Waals surface area (Å²) in [5.41, 5.74) is 0.969. The van der Waals surface area contributed by atoms with Gasteiger partial charge in [0.2, 0.25) is 0 Å². The Morgan fingerprint density at radius 3 is 3.09 bits per heavy atom. The van der Waals surface area contributed by atoms with E-state index >= 15 is 0 Å². The second-order valence-corrected chi connectivity index (χ2v) is 2.50. The molecule has 0 atom stereocenters. The van der Waals surface area contributed by atoms with E-state index in [9.17, 15) is 4.79 Å². The highest BCUT2D eigenvalue weighted by atomic mass is 16.2. The highest BCUT2D eigenvalue weighted by Crippen LogP contribution is 2.06. The van der Waals surface area contributed by atoms with Crippen LogP contribution in [0.5, 0.6) is 0 Å². The summed E-state index contributed by atoms with van der Waals surface area (Å²) in [5, 5.41) is 0. The van der Waals surface area contributed by atoms with Gasteiger partial charge in [0.1, 0.15) is 12.4 Å². The first-order chi connectivity index (χ1) is 5.33. The Morgan fingerprint density at radius 1 is 1.64 bits per heavy atom. The molecule has 3 nitrogen and oxygen atoms in total. The lowest BCUT2D eigenvalue weighted by atomic mass is 10.5. The van der Waals surface area contributed by atoms with Crippen molar-refractivity contribution < 1.29 is 9.37 Å². The fraction of sp³-hybridized carbons (Fsp3) is 0.250. The van der Waals surface area contributed by atoms with E-state index in [2.05, 4.69) is 0 Å². The summed E-state index contributed by atoms with van der Waals surface area (Å²) in [6.07, 6.45) is 3.64. The predicted molar refractivity (Wildman–Crippen MR) is 41.2 cm³/mol. The van der Waals surface area contributed by atoms with Gasteiger partial charge in [-0.2, -0.15) is 13.9 Å². The number of amides is 1. The number of hydrogen-bond acceptors (Lipinski definition) is 1. The molecule has 0 fully saturated rings. The summed E-state index contributed by atoms with van der Waals surface area (Å²) in [7, 11) is 0. The van der Waals surface area contributed by atoms with Crippen molar-refractivity contribution in [2.45, 2.75) is 6.92 Å². The van der Waals surface area contributed by atoms with E-state index in [0.717, 1.165) is 12.2 Å². The van der Waals surface area contributed by atoms with Crippen LogP contribution in [0.4, 0.5) is 4.79 Å². The van der Waals surface area contributed by atoms with Crippen LogP contribution in [-0.4, -0.2) is 27.9 Å². The smallest absolute Gasteiger partial charge is 0.196 e. The molecule has 1 aromatic rings. The molecule has 0 spiro atoms. The number of hydrogen-bond donors (Lipinski definition) is 0. The molecule has 2 rings (SSSR count). The van der Waals surface area contributed by atoms with Crippen molar-refractivity contribution >= 4 is 12.2 Å². The second kappa shape index (κ2) is 2.05. The molecule has 1 amide bonds. The van der Waals surface area contributed by atoms with Crippen LogP contribution < -0.4 is 0 Å². The van der Waals surface area contributed by atoms with Crippen molar-refractivity contribution in [1.29, 1.82) is 0 Å². The molecule has 0 saturated carbocycles. The van der Waals surface area contributed by atoms with Gasteiger partial charge in [0.15, 0.2) is 5.69 Å². The van der Waals surface area contributed by atoms with Crippen molar-refractivity contribution in [2.75, 3.05) is 6.54 Å². The third kappa shape index (κ3) is 0.738. The SMILES string of the molecule is CC[N+]1=Cc2cccn2C1=O. The summed E-state index contributed by atoms with van der Waals surface area (Å²) < 4.78 is 3.33. The third-order valence-electron chi connectivity index (χ3n) is 1.86. The molecule has 2 heterocycles. The number of rotatable bonds is 1. The van der Waals surface area contributed by atoms with Gasteiger partial charge in [0.25, 0.3) is 0 Å². The highest BCUT2D eigenvalue weighted by Gasteiger charge is 2.27. The van der Waals surface area contributed by atoms with Crippen LogP contribution in [-0.2, 0) is 0 Å². The van der Waals surface area contributed by atoms with Gasteiger partial charge in [-0.3, -0.25) is 0 Å². The Hall–Kier alpha value is -1.38. The largest absolute Gasteiger partial charge is 0.503 e. The maximum atomic E-state index is 11.3.